The standard InChI is InChI=1S/C19H36O4/c1-3-5-6-7-10-14-17(23-19(22)13-4-2)15-11-8-9-12-16-18(20)21/h17H,3-16H2,1-2H3,(H,20,21). The first-order chi connectivity index (χ1) is 11.1. The topological polar surface area (TPSA) is 63.6 Å². The number of rotatable bonds is 16. The third-order valence-corrected chi connectivity index (χ3v) is 4.05. The zero-order chi connectivity index (χ0) is 17.3. The molecule has 1 N–H and O–H groups in total. The molecule has 0 aromatic rings. The predicted octanol–water partition coefficient (Wildman–Crippen LogP) is 5.48. The maximum absolute atomic E-state index is 11.7. The van der Waals surface area contributed by atoms with Gasteiger partial charge in [-0.2, -0.15) is 0 Å². The molecule has 0 spiro atoms. The fraction of sp³-hybridized carbons (Fsp3) is 0.895. The number of carboxylic acids is 1. The van der Waals surface area contributed by atoms with Crippen molar-refractivity contribution >= 4 is 11.9 Å². The number of carbonyl (C=O) groups excluding carboxylic acids is 1. The number of carbonyl (C=O) groups is 2. The van der Waals surface area contributed by atoms with Crippen molar-refractivity contribution in [1.82, 2.24) is 0 Å². The summed E-state index contributed by atoms with van der Waals surface area (Å²) in [7, 11) is 0. The molecule has 0 radical (unpaired) electrons. The molecule has 0 saturated carbocycles. The number of hydrogen-bond acceptors (Lipinski definition) is 3. The van der Waals surface area contributed by atoms with Gasteiger partial charge in [0.05, 0.1) is 0 Å². The number of esters is 1. The lowest BCUT2D eigenvalue weighted by Crippen LogP contribution is -2.18. The molecule has 4 nitrogen and oxygen atoms in total. The van der Waals surface area contributed by atoms with Gasteiger partial charge in [0, 0.05) is 12.8 Å². The third kappa shape index (κ3) is 15.6. The second-order valence-corrected chi connectivity index (χ2v) is 6.41. The second kappa shape index (κ2) is 15.8. The minimum atomic E-state index is -0.719. The van der Waals surface area contributed by atoms with E-state index in [1.807, 2.05) is 6.92 Å². The lowest BCUT2D eigenvalue weighted by Gasteiger charge is -2.18. The molecule has 136 valence electrons. The first-order valence-electron chi connectivity index (χ1n) is 9.51. The molecular formula is C19H36O4. The molecule has 0 amide bonds. The third-order valence-electron chi connectivity index (χ3n) is 4.05. The summed E-state index contributed by atoms with van der Waals surface area (Å²) in [6.45, 7) is 4.20. The summed E-state index contributed by atoms with van der Waals surface area (Å²) in [6.07, 6.45) is 13.4. The Kier molecular flexibility index (Phi) is 15.1. The van der Waals surface area contributed by atoms with Gasteiger partial charge in [0.1, 0.15) is 6.10 Å². The number of carboxylic acid groups (broad SMARTS) is 1. The Balaban J connectivity index is 3.91. The highest BCUT2D eigenvalue weighted by atomic mass is 16.5. The van der Waals surface area contributed by atoms with Crippen LogP contribution in [0.3, 0.4) is 0 Å². The monoisotopic (exact) mass is 328 g/mol. The van der Waals surface area contributed by atoms with E-state index in [1.165, 1.54) is 25.7 Å². The molecular weight excluding hydrogens is 292 g/mol. The fourth-order valence-corrected chi connectivity index (χ4v) is 2.69. The Hall–Kier alpha value is -1.06. The van der Waals surface area contributed by atoms with E-state index in [0.29, 0.717) is 6.42 Å². The highest BCUT2D eigenvalue weighted by molar-refractivity contribution is 5.69. The van der Waals surface area contributed by atoms with Crippen molar-refractivity contribution in [3.05, 3.63) is 0 Å². The van der Waals surface area contributed by atoms with Crippen molar-refractivity contribution < 1.29 is 19.4 Å². The van der Waals surface area contributed by atoms with Gasteiger partial charge in [-0.1, -0.05) is 52.4 Å². The number of hydrogen-bond donors (Lipinski definition) is 1. The van der Waals surface area contributed by atoms with E-state index >= 15 is 0 Å². The molecule has 0 rings (SSSR count). The van der Waals surface area contributed by atoms with Crippen LogP contribution >= 0.6 is 0 Å². The van der Waals surface area contributed by atoms with Crippen LogP contribution in [-0.4, -0.2) is 23.1 Å². The second-order valence-electron chi connectivity index (χ2n) is 6.41. The molecule has 0 heterocycles. The largest absolute Gasteiger partial charge is 0.481 e. The molecule has 0 fully saturated rings. The van der Waals surface area contributed by atoms with Crippen molar-refractivity contribution in [2.24, 2.45) is 0 Å². The Morgan fingerprint density at radius 2 is 1.35 bits per heavy atom. The smallest absolute Gasteiger partial charge is 0.306 e. The summed E-state index contributed by atoms with van der Waals surface area (Å²) >= 11 is 0. The summed E-state index contributed by atoms with van der Waals surface area (Å²) < 4.78 is 5.61. The van der Waals surface area contributed by atoms with Crippen LogP contribution in [0.2, 0.25) is 0 Å². The molecule has 0 aromatic heterocycles. The average Bonchev–Trinajstić information content (AvgIpc) is 2.50. The van der Waals surface area contributed by atoms with Gasteiger partial charge in [-0.15, -0.1) is 0 Å². The highest BCUT2D eigenvalue weighted by Gasteiger charge is 2.13. The van der Waals surface area contributed by atoms with E-state index in [4.69, 9.17) is 9.84 Å². The van der Waals surface area contributed by atoms with Crippen molar-refractivity contribution in [1.29, 1.82) is 0 Å². The number of unbranched alkanes of at least 4 members (excludes halogenated alkanes) is 7. The van der Waals surface area contributed by atoms with E-state index in [1.54, 1.807) is 0 Å². The summed E-state index contributed by atoms with van der Waals surface area (Å²) in [5, 5.41) is 8.61. The van der Waals surface area contributed by atoms with Crippen molar-refractivity contribution in [2.75, 3.05) is 0 Å². The normalized spacial score (nSPS) is 12.1. The molecule has 1 atom stereocenters. The molecule has 0 saturated heterocycles. The Bertz CT molecular complexity index is 302. The maximum Gasteiger partial charge on any atom is 0.306 e. The Labute approximate surface area is 142 Å². The lowest BCUT2D eigenvalue weighted by molar-refractivity contribution is -0.150. The zero-order valence-electron chi connectivity index (χ0n) is 15.1. The molecule has 23 heavy (non-hydrogen) atoms. The fourth-order valence-electron chi connectivity index (χ4n) is 2.69. The van der Waals surface area contributed by atoms with E-state index in [-0.39, 0.29) is 18.5 Å². The average molecular weight is 328 g/mol. The minimum absolute atomic E-state index is 0.0511. The van der Waals surface area contributed by atoms with Crippen LogP contribution < -0.4 is 0 Å². The first-order valence-corrected chi connectivity index (χ1v) is 9.51. The Morgan fingerprint density at radius 3 is 1.87 bits per heavy atom. The predicted molar refractivity (Wildman–Crippen MR) is 93.5 cm³/mol. The number of ether oxygens (including phenoxy) is 1. The lowest BCUT2D eigenvalue weighted by atomic mass is 10.0. The maximum atomic E-state index is 11.7. The van der Waals surface area contributed by atoms with E-state index < -0.39 is 5.97 Å². The van der Waals surface area contributed by atoms with Gasteiger partial charge in [0.2, 0.25) is 0 Å². The van der Waals surface area contributed by atoms with E-state index in [9.17, 15) is 9.59 Å². The van der Waals surface area contributed by atoms with Crippen LogP contribution in [0.25, 0.3) is 0 Å². The van der Waals surface area contributed by atoms with Gasteiger partial charge in [0.25, 0.3) is 0 Å². The van der Waals surface area contributed by atoms with Crippen LogP contribution in [0, 0.1) is 0 Å². The van der Waals surface area contributed by atoms with E-state index in [0.717, 1.165) is 51.4 Å². The van der Waals surface area contributed by atoms with Crippen LogP contribution in [0.15, 0.2) is 0 Å². The first kappa shape index (κ1) is 21.9. The van der Waals surface area contributed by atoms with Crippen LogP contribution in [0.5, 0.6) is 0 Å². The minimum Gasteiger partial charge on any atom is -0.481 e. The van der Waals surface area contributed by atoms with Gasteiger partial charge in [-0.25, -0.2) is 0 Å². The van der Waals surface area contributed by atoms with E-state index in [2.05, 4.69) is 6.92 Å². The molecule has 0 aromatic carbocycles. The molecule has 0 aliphatic rings. The zero-order valence-corrected chi connectivity index (χ0v) is 15.1. The summed E-state index contributed by atoms with van der Waals surface area (Å²) in [6, 6.07) is 0. The van der Waals surface area contributed by atoms with Crippen molar-refractivity contribution in [3.63, 3.8) is 0 Å². The van der Waals surface area contributed by atoms with Gasteiger partial charge in [0.15, 0.2) is 0 Å². The van der Waals surface area contributed by atoms with Crippen molar-refractivity contribution in [2.45, 2.75) is 110 Å². The summed E-state index contributed by atoms with van der Waals surface area (Å²) in [5.74, 6) is -0.791. The van der Waals surface area contributed by atoms with Gasteiger partial charge >= 0.3 is 11.9 Å². The highest BCUT2D eigenvalue weighted by Crippen LogP contribution is 2.17. The van der Waals surface area contributed by atoms with Crippen LogP contribution in [-0.2, 0) is 14.3 Å². The quantitative estimate of drug-likeness (QED) is 0.301. The van der Waals surface area contributed by atoms with Crippen LogP contribution in [0.4, 0.5) is 0 Å². The van der Waals surface area contributed by atoms with Gasteiger partial charge in [-0.3, -0.25) is 9.59 Å². The molecule has 0 aliphatic carbocycles. The molecule has 1 unspecified atom stereocenters. The SMILES string of the molecule is CCCCCCCC(CCCCCCC(=O)O)OC(=O)CCC. The van der Waals surface area contributed by atoms with Crippen LogP contribution in [0.1, 0.15) is 104 Å². The van der Waals surface area contributed by atoms with Crippen molar-refractivity contribution in [3.8, 4) is 0 Å². The summed E-state index contributed by atoms with van der Waals surface area (Å²) in [5.41, 5.74) is 0. The summed E-state index contributed by atoms with van der Waals surface area (Å²) in [4.78, 5) is 22.2. The molecule has 4 heteroatoms. The Morgan fingerprint density at radius 1 is 0.783 bits per heavy atom. The number of aliphatic carboxylic acids is 1. The van der Waals surface area contributed by atoms with Gasteiger partial charge in [-0.05, 0) is 38.5 Å². The van der Waals surface area contributed by atoms with Gasteiger partial charge < -0.3 is 9.84 Å². The molecule has 0 bridgehead atoms. The molecule has 0 aliphatic heterocycles.